The van der Waals surface area contributed by atoms with E-state index in [0.717, 1.165) is 28.1 Å². The van der Waals surface area contributed by atoms with Crippen LogP contribution in [0.25, 0.3) is 0 Å². The van der Waals surface area contributed by atoms with E-state index in [1.165, 1.54) is 12.4 Å². The first-order chi connectivity index (χ1) is 13.0. The molecule has 0 aliphatic rings. The van der Waals surface area contributed by atoms with Crippen LogP contribution in [-0.2, 0) is 0 Å². The van der Waals surface area contributed by atoms with Crippen LogP contribution in [0.5, 0.6) is 0 Å². The minimum Gasteiger partial charge on any atom is -0.339 e. The topological polar surface area (TPSA) is 90.7 Å². The third-order valence-corrected chi connectivity index (χ3v) is 4.06. The first-order valence-corrected chi connectivity index (χ1v) is 8.44. The van der Waals surface area contributed by atoms with Gasteiger partial charge in [-0.1, -0.05) is 23.8 Å². The number of nitrogens with zero attached hydrogens (tertiary/aromatic N) is 3. The summed E-state index contributed by atoms with van der Waals surface area (Å²) in [5.74, 6) is 0.180. The van der Waals surface area contributed by atoms with E-state index in [4.69, 9.17) is 5.26 Å². The largest absolute Gasteiger partial charge is 0.339 e. The second kappa shape index (κ2) is 7.67. The monoisotopic (exact) mass is 357 g/mol. The normalized spacial score (nSPS) is 10.1. The molecule has 0 aliphatic heterocycles. The summed E-state index contributed by atoms with van der Waals surface area (Å²) in [6, 6.07) is 13.2. The molecule has 0 atom stereocenters. The van der Waals surface area contributed by atoms with Crippen LogP contribution in [0, 0.1) is 32.1 Å². The van der Waals surface area contributed by atoms with Crippen LogP contribution in [0.2, 0.25) is 0 Å². The van der Waals surface area contributed by atoms with Crippen molar-refractivity contribution in [1.29, 1.82) is 5.26 Å². The summed E-state index contributed by atoms with van der Waals surface area (Å²) in [5, 5.41) is 14.9. The molecule has 134 valence electrons. The Kier molecular flexibility index (Phi) is 5.13. The molecule has 0 unspecified atom stereocenters. The molecule has 1 amide bonds. The Balaban J connectivity index is 1.73. The number of hydrogen-bond donors (Lipinski definition) is 2. The third kappa shape index (κ3) is 4.28. The zero-order valence-corrected chi connectivity index (χ0v) is 15.4. The second-order valence-electron chi connectivity index (χ2n) is 6.33. The molecular weight excluding hydrogens is 338 g/mol. The molecule has 0 spiro atoms. The van der Waals surface area contributed by atoms with Crippen molar-refractivity contribution >= 4 is 23.1 Å². The highest BCUT2D eigenvalue weighted by Crippen LogP contribution is 2.22. The lowest BCUT2D eigenvalue weighted by molar-refractivity contribution is 0.102. The van der Waals surface area contributed by atoms with Crippen molar-refractivity contribution in [2.45, 2.75) is 20.8 Å². The van der Waals surface area contributed by atoms with E-state index in [-0.39, 0.29) is 11.6 Å². The van der Waals surface area contributed by atoms with E-state index >= 15 is 0 Å². The highest BCUT2D eigenvalue weighted by Gasteiger charge is 2.12. The Morgan fingerprint density at radius 2 is 1.78 bits per heavy atom. The molecule has 27 heavy (non-hydrogen) atoms. The quantitative estimate of drug-likeness (QED) is 0.728. The van der Waals surface area contributed by atoms with Gasteiger partial charge in [0.2, 0.25) is 0 Å². The fraction of sp³-hybridized carbons (Fsp3) is 0.143. The number of carbonyl (C=O) groups is 1. The van der Waals surface area contributed by atoms with Gasteiger partial charge < -0.3 is 10.6 Å². The Bertz CT molecular complexity index is 1010. The SMILES string of the molecule is Cc1cc(C)c(NC(=O)c2cnc(Nc3cccc(C#N)c3)cn2)c(C)c1. The first kappa shape index (κ1) is 18.1. The lowest BCUT2D eigenvalue weighted by atomic mass is 10.1. The van der Waals surface area contributed by atoms with Gasteiger partial charge in [-0.15, -0.1) is 0 Å². The maximum absolute atomic E-state index is 12.5. The molecule has 2 aromatic carbocycles. The van der Waals surface area contributed by atoms with Crippen LogP contribution in [-0.4, -0.2) is 15.9 Å². The Morgan fingerprint density at radius 3 is 2.41 bits per heavy atom. The van der Waals surface area contributed by atoms with Gasteiger partial charge in [-0.25, -0.2) is 9.97 Å². The molecule has 1 heterocycles. The average Bonchev–Trinajstić information content (AvgIpc) is 2.65. The van der Waals surface area contributed by atoms with Crippen molar-refractivity contribution in [2.75, 3.05) is 10.6 Å². The molecule has 6 nitrogen and oxygen atoms in total. The molecule has 0 radical (unpaired) electrons. The third-order valence-electron chi connectivity index (χ3n) is 4.06. The van der Waals surface area contributed by atoms with Crippen LogP contribution in [0.3, 0.4) is 0 Å². The number of carbonyl (C=O) groups excluding carboxylic acids is 1. The van der Waals surface area contributed by atoms with E-state index < -0.39 is 0 Å². The van der Waals surface area contributed by atoms with Crippen LogP contribution >= 0.6 is 0 Å². The molecule has 0 aliphatic carbocycles. The first-order valence-electron chi connectivity index (χ1n) is 8.44. The van der Waals surface area contributed by atoms with Gasteiger partial charge in [-0.3, -0.25) is 4.79 Å². The highest BCUT2D eigenvalue weighted by atomic mass is 16.1. The smallest absolute Gasteiger partial charge is 0.275 e. The zero-order chi connectivity index (χ0) is 19.4. The van der Waals surface area contributed by atoms with Gasteiger partial charge in [0.25, 0.3) is 5.91 Å². The molecule has 0 saturated carbocycles. The maximum atomic E-state index is 12.5. The van der Waals surface area contributed by atoms with Crippen LogP contribution in [0.1, 0.15) is 32.7 Å². The van der Waals surface area contributed by atoms with Gasteiger partial charge in [0, 0.05) is 11.4 Å². The standard InChI is InChI=1S/C21H19N5O/c1-13-7-14(2)20(15(3)8-13)26-21(27)18-11-24-19(12-23-18)25-17-6-4-5-16(9-17)10-22/h4-9,11-12H,1-3H3,(H,24,25)(H,26,27). The Morgan fingerprint density at radius 1 is 1.04 bits per heavy atom. The number of anilines is 3. The van der Waals surface area contributed by atoms with E-state index in [2.05, 4.69) is 26.7 Å². The molecule has 0 saturated heterocycles. The average molecular weight is 357 g/mol. The minimum atomic E-state index is -0.310. The fourth-order valence-corrected chi connectivity index (χ4v) is 2.88. The maximum Gasteiger partial charge on any atom is 0.275 e. The lowest BCUT2D eigenvalue weighted by Gasteiger charge is -2.12. The second-order valence-corrected chi connectivity index (χ2v) is 6.33. The van der Waals surface area contributed by atoms with Gasteiger partial charge in [-0.05, 0) is 50.1 Å². The summed E-state index contributed by atoms with van der Waals surface area (Å²) >= 11 is 0. The zero-order valence-electron chi connectivity index (χ0n) is 15.4. The molecule has 3 rings (SSSR count). The van der Waals surface area contributed by atoms with Gasteiger partial charge in [0.15, 0.2) is 0 Å². The van der Waals surface area contributed by atoms with Gasteiger partial charge in [0.05, 0.1) is 24.0 Å². The predicted octanol–water partition coefficient (Wildman–Crippen LogP) is 4.27. The number of benzene rings is 2. The molecule has 1 aromatic heterocycles. The summed E-state index contributed by atoms with van der Waals surface area (Å²) in [6.07, 6.45) is 2.91. The van der Waals surface area contributed by atoms with Crippen LogP contribution in [0.4, 0.5) is 17.2 Å². The number of nitriles is 1. The van der Waals surface area contributed by atoms with Crippen LogP contribution in [0.15, 0.2) is 48.8 Å². The highest BCUT2D eigenvalue weighted by molar-refractivity contribution is 6.03. The molecule has 0 bridgehead atoms. The molecular formula is C21H19N5O. The van der Waals surface area contributed by atoms with E-state index in [1.54, 1.807) is 18.2 Å². The van der Waals surface area contributed by atoms with Gasteiger partial charge in [0.1, 0.15) is 11.5 Å². The van der Waals surface area contributed by atoms with Gasteiger partial charge in [-0.2, -0.15) is 5.26 Å². The van der Waals surface area contributed by atoms with Crippen molar-refractivity contribution in [3.8, 4) is 6.07 Å². The summed E-state index contributed by atoms with van der Waals surface area (Å²) in [7, 11) is 0. The van der Waals surface area contributed by atoms with Crippen molar-refractivity contribution in [3.05, 3.63) is 76.7 Å². The Hall–Kier alpha value is -3.72. The summed E-state index contributed by atoms with van der Waals surface area (Å²) in [5.41, 5.74) is 5.46. The van der Waals surface area contributed by atoms with Crippen molar-refractivity contribution in [2.24, 2.45) is 0 Å². The number of rotatable bonds is 4. The van der Waals surface area contributed by atoms with E-state index in [0.29, 0.717) is 11.4 Å². The number of nitrogens with one attached hydrogen (secondary N) is 2. The number of amides is 1. The summed E-state index contributed by atoms with van der Waals surface area (Å²) < 4.78 is 0. The lowest BCUT2D eigenvalue weighted by Crippen LogP contribution is -2.16. The van der Waals surface area contributed by atoms with E-state index in [1.807, 2.05) is 39.0 Å². The summed E-state index contributed by atoms with van der Waals surface area (Å²) in [4.78, 5) is 20.9. The molecule has 2 N–H and O–H groups in total. The van der Waals surface area contributed by atoms with Gasteiger partial charge >= 0.3 is 0 Å². The number of aromatic nitrogens is 2. The minimum absolute atomic E-state index is 0.228. The molecule has 6 heteroatoms. The number of aryl methyl sites for hydroxylation is 3. The van der Waals surface area contributed by atoms with Crippen molar-refractivity contribution in [3.63, 3.8) is 0 Å². The van der Waals surface area contributed by atoms with Crippen LogP contribution < -0.4 is 10.6 Å². The Labute approximate surface area is 157 Å². The summed E-state index contributed by atoms with van der Waals surface area (Å²) in [6.45, 7) is 5.95. The predicted molar refractivity (Wildman–Crippen MR) is 105 cm³/mol. The molecule has 3 aromatic rings. The van der Waals surface area contributed by atoms with E-state index in [9.17, 15) is 4.79 Å². The molecule has 0 fully saturated rings. The number of hydrogen-bond acceptors (Lipinski definition) is 5. The van der Waals surface area contributed by atoms with Crippen molar-refractivity contribution in [1.82, 2.24) is 9.97 Å². The fourth-order valence-electron chi connectivity index (χ4n) is 2.88. The van der Waals surface area contributed by atoms with Crippen molar-refractivity contribution < 1.29 is 4.79 Å².